The molecule has 140 valence electrons. The number of halogens is 1. The first-order valence-electron chi connectivity index (χ1n) is 9.32. The molecule has 7 heteroatoms. The van der Waals surface area contributed by atoms with Gasteiger partial charge in [0.15, 0.2) is 5.65 Å². The minimum absolute atomic E-state index is 0.872. The highest BCUT2D eigenvalue weighted by Crippen LogP contribution is 2.31. The second kappa shape index (κ2) is 7.48. The summed E-state index contributed by atoms with van der Waals surface area (Å²) in [6.07, 6.45) is 3.61. The van der Waals surface area contributed by atoms with Crippen molar-refractivity contribution in [2.75, 3.05) is 31.1 Å². The van der Waals surface area contributed by atoms with Crippen molar-refractivity contribution in [1.82, 2.24) is 24.8 Å². The highest BCUT2D eigenvalue weighted by molar-refractivity contribution is 14.1. The molecular formula is C21H19IN6. The lowest BCUT2D eigenvalue weighted by Crippen LogP contribution is -2.43. The maximum absolute atomic E-state index is 5.03. The van der Waals surface area contributed by atoms with Crippen molar-refractivity contribution >= 4 is 39.6 Å². The van der Waals surface area contributed by atoms with E-state index in [0.717, 1.165) is 63.8 Å². The maximum atomic E-state index is 5.03. The van der Waals surface area contributed by atoms with Gasteiger partial charge in [0, 0.05) is 47.7 Å². The Labute approximate surface area is 176 Å². The fourth-order valence-electron chi connectivity index (χ4n) is 3.58. The first kappa shape index (κ1) is 17.6. The van der Waals surface area contributed by atoms with Gasteiger partial charge < -0.3 is 10.2 Å². The number of rotatable bonds is 3. The average molecular weight is 482 g/mol. The van der Waals surface area contributed by atoms with Crippen molar-refractivity contribution < 1.29 is 0 Å². The Hall–Kier alpha value is -2.52. The van der Waals surface area contributed by atoms with E-state index in [2.05, 4.69) is 66.6 Å². The fourth-order valence-corrected chi connectivity index (χ4v) is 4.21. The molecule has 1 aromatic carbocycles. The van der Waals surface area contributed by atoms with E-state index in [0.29, 0.717) is 0 Å². The van der Waals surface area contributed by atoms with Gasteiger partial charge in [-0.2, -0.15) is 0 Å². The van der Waals surface area contributed by atoms with Crippen LogP contribution in [-0.2, 0) is 0 Å². The van der Waals surface area contributed by atoms with Crippen molar-refractivity contribution in [3.8, 4) is 17.1 Å². The van der Waals surface area contributed by atoms with Crippen LogP contribution in [0, 0.1) is 3.57 Å². The number of aromatic nitrogens is 4. The molecule has 0 atom stereocenters. The second-order valence-electron chi connectivity index (χ2n) is 6.71. The summed E-state index contributed by atoms with van der Waals surface area (Å²) in [6, 6.07) is 16.5. The van der Waals surface area contributed by atoms with E-state index >= 15 is 0 Å². The quantitative estimate of drug-likeness (QED) is 0.454. The van der Waals surface area contributed by atoms with Crippen LogP contribution in [0.5, 0.6) is 0 Å². The zero-order valence-electron chi connectivity index (χ0n) is 15.2. The van der Waals surface area contributed by atoms with Gasteiger partial charge in [0.1, 0.15) is 17.2 Å². The molecule has 3 aromatic heterocycles. The van der Waals surface area contributed by atoms with Gasteiger partial charge in [-0.05, 0) is 52.9 Å². The first-order valence-corrected chi connectivity index (χ1v) is 10.4. The van der Waals surface area contributed by atoms with Gasteiger partial charge in [0.2, 0.25) is 0 Å². The minimum Gasteiger partial charge on any atom is -0.354 e. The highest BCUT2D eigenvalue weighted by atomic mass is 127. The first-order chi connectivity index (χ1) is 13.8. The Balaban J connectivity index is 1.74. The number of hydrogen-bond donors (Lipinski definition) is 1. The van der Waals surface area contributed by atoms with E-state index < -0.39 is 0 Å². The van der Waals surface area contributed by atoms with Crippen molar-refractivity contribution in [3.63, 3.8) is 0 Å². The third kappa shape index (κ3) is 3.14. The molecule has 6 nitrogen and oxygen atoms in total. The molecule has 1 aliphatic heterocycles. The molecule has 1 saturated heterocycles. The summed E-state index contributed by atoms with van der Waals surface area (Å²) in [5.74, 6) is 1.90. The number of piperazine rings is 1. The summed E-state index contributed by atoms with van der Waals surface area (Å²) in [5.41, 5.74) is 3.88. The third-order valence-corrected chi connectivity index (χ3v) is 5.91. The number of imidazole rings is 1. The van der Waals surface area contributed by atoms with Crippen molar-refractivity contribution in [2.45, 2.75) is 0 Å². The van der Waals surface area contributed by atoms with Gasteiger partial charge in [0.05, 0.1) is 5.69 Å². The number of nitrogens with zero attached hydrogens (tertiary/aromatic N) is 5. The number of anilines is 1. The minimum atomic E-state index is 0.872. The zero-order valence-corrected chi connectivity index (χ0v) is 17.4. The smallest absolute Gasteiger partial charge is 0.167 e. The van der Waals surface area contributed by atoms with E-state index in [1.165, 1.54) is 0 Å². The monoisotopic (exact) mass is 482 g/mol. The standard InChI is InChI=1S/C21H19IN6/c22-17-4-2-1-3-16(17)20-25-18-5-6-19(27-13-11-24-12-14-27)26-21(18)28(20)15-7-9-23-10-8-15/h1-10,24H,11-14H2. The zero-order chi connectivity index (χ0) is 18.9. The molecule has 0 saturated carbocycles. The lowest BCUT2D eigenvalue weighted by molar-refractivity contribution is 0.585. The highest BCUT2D eigenvalue weighted by Gasteiger charge is 2.19. The van der Waals surface area contributed by atoms with Crippen LogP contribution in [0.1, 0.15) is 0 Å². The van der Waals surface area contributed by atoms with E-state index in [4.69, 9.17) is 9.97 Å². The van der Waals surface area contributed by atoms with Gasteiger partial charge in [-0.25, -0.2) is 9.97 Å². The van der Waals surface area contributed by atoms with Crippen LogP contribution in [0.15, 0.2) is 60.9 Å². The summed E-state index contributed by atoms with van der Waals surface area (Å²) in [4.78, 5) is 16.5. The Morgan fingerprint density at radius 3 is 2.46 bits per heavy atom. The van der Waals surface area contributed by atoms with E-state index in [1.807, 2.05) is 24.3 Å². The molecule has 0 unspecified atom stereocenters. The van der Waals surface area contributed by atoms with Gasteiger partial charge in [-0.3, -0.25) is 9.55 Å². The van der Waals surface area contributed by atoms with Crippen LogP contribution >= 0.6 is 22.6 Å². The molecular weight excluding hydrogens is 463 g/mol. The van der Waals surface area contributed by atoms with Gasteiger partial charge >= 0.3 is 0 Å². The van der Waals surface area contributed by atoms with E-state index in [-0.39, 0.29) is 0 Å². The molecule has 0 aliphatic carbocycles. The molecule has 4 aromatic rings. The van der Waals surface area contributed by atoms with Crippen LogP contribution < -0.4 is 10.2 Å². The summed E-state index contributed by atoms with van der Waals surface area (Å²) in [5, 5.41) is 3.40. The number of hydrogen-bond acceptors (Lipinski definition) is 5. The summed E-state index contributed by atoms with van der Waals surface area (Å²) in [6.45, 7) is 3.89. The van der Waals surface area contributed by atoms with Crippen molar-refractivity contribution in [3.05, 3.63) is 64.5 Å². The van der Waals surface area contributed by atoms with Gasteiger partial charge in [0.25, 0.3) is 0 Å². The van der Waals surface area contributed by atoms with Crippen LogP contribution in [0.3, 0.4) is 0 Å². The topological polar surface area (TPSA) is 58.9 Å². The lowest BCUT2D eigenvalue weighted by atomic mass is 10.2. The molecule has 0 radical (unpaired) electrons. The Bertz CT molecular complexity index is 1120. The van der Waals surface area contributed by atoms with Crippen molar-refractivity contribution in [2.24, 2.45) is 0 Å². The van der Waals surface area contributed by atoms with Crippen LogP contribution in [0.2, 0.25) is 0 Å². The van der Waals surface area contributed by atoms with Crippen LogP contribution in [0.4, 0.5) is 5.82 Å². The maximum Gasteiger partial charge on any atom is 0.167 e. The third-order valence-electron chi connectivity index (χ3n) is 4.97. The molecule has 0 spiro atoms. The van der Waals surface area contributed by atoms with Crippen molar-refractivity contribution in [1.29, 1.82) is 0 Å². The summed E-state index contributed by atoms with van der Waals surface area (Å²) in [7, 11) is 0. The molecule has 1 aliphatic rings. The van der Waals surface area contributed by atoms with Gasteiger partial charge in [-0.1, -0.05) is 18.2 Å². The molecule has 0 amide bonds. The number of pyridine rings is 2. The number of nitrogens with one attached hydrogen (secondary N) is 1. The SMILES string of the molecule is Ic1ccccc1-c1nc2ccc(N3CCNCC3)nc2n1-c1ccncc1. The molecule has 5 rings (SSSR count). The van der Waals surface area contributed by atoms with Gasteiger partial charge in [-0.15, -0.1) is 0 Å². The molecule has 1 fully saturated rings. The fraction of sp³-hybridized carbons (Fsp3) is 0.190. The van der Waals surface area contributed by atoms with Crippen LogP contribution in [-0.4, -0.2) is 45.7 Å². The van der Waals surface area contributed by atoms with Crippen LogP contribution in [0.25, 0.3) is 28.2 Å². The molecule has 1 N–H and O–H groups in total. The Morgan fingerprint density at radius 2 is 1.68 bits per heavy atom. The predicted octanol–water partition coefficient (Wildman–Crippen LogP) is 3.50. The molecule has 28 heavy (non-hydrogen) atoms. The number of fused-ring (bicyclic) bond motifs is 1. The number of benzene rings is 1. The Kier molecular flexibility index (Phi) is 4.69. The lowest BCUT2D eigenvalue weighted by Gasteiger charge is -2.28. The normalized spacial score (nSPS) is 14.5. The molecule has 0 bridgehead atoms. The Morgan fingerprint density at radius 1 is 0.893 bits per heavy atom. The average Bonchev–Trinajstić information content (AvgIpc) is 3.14. The summed E-state index contributed by atoms with van der Waals surface area (Å²) >= 11 is 2.37. The van der Waals surface area contributed by atoms with E-state index in [9.17, 15) is 0 Å². The molecule has 4 heterocycles. The largest absolute Gasteiger partial charge is 0.354 e. The summed E-state index contributed by atoms with van der Waals surface area (Å²) < 4.78 is 3.30. The van der Waals surface area contributed by atoms with E-state index in [1.54, 1.807) is 12.4 Å². The predicted molar refractivity (Wildman–Crippen MR) is 120 cm³/mol. The second-order valence-corrected chi connectivity index (χ2v) is 7.87.